The number of anilines is 1. The third-order valence-electron chi connectivity index (χ3n) is 3.94. The first-order valence-corrected chi connectivity index (χ1v) is 8.73. The molecule has 1 heterocycles. The molecular formula is C21H16N6O3. The molecule has 30 heavy (non-hydrogen) atoms. The molecule has 148 valence electrons. The van der Waals surface area contributed by atoms with Crippen LogP contribution in [-0.4, -0.2) is 29.9 Å². The van der Waals surface area contributed by atoms with Crippen molar-refractivity contribution in [3.63, 3.8) is 0 Å². The molecule has 0 amide bonds. The van der Waals surface area contributed by atoms with E-state index in [1.165, 1.54) is 13.3 Å². The summed E-state index contributed by atoms with van der Waals surface area (Å²) in [5.41, 5.74) is 3.61. The van der Waals surface area contributed by atoms with Gasteiger partial charge in [-0.05, 0) is 23.8 Å². The Morgan fingerprint density at radius 1 is 1.20 bits per heavy atom. The quantitative estimate of drug-likeness (QED) is 0.459. The van der Waals surface area contributed by atoms with E-state index in [1.807, 2.05) is 18.2 Å². The van der Waals surface area contributed by atoms with Crippen LogP contribution in [0.5, 0.6) is 11.5 Å². The Kier molecular flexibility index (Phi) is 6.39. The maximum atomic E-state index is 12.2. The monoisotopic (exact) mass is 400 g/mol. The number of H-pyrrole nitrogens is 1. The number of nitriles is 2. The van der Waals surface area contributed by atoms with Gasteiger partial charge in [0.2, 0.25) is 5.95 Å². The van der Waals surface area contributed by atoms with Gasteiger partial charge in [0.15, 0.2) is 18.1 Å². The van der Waals surface area contributed by atoms with E-state index in [9.17, 15) is 10.1 Å². The molecule has 0 spiro atoms. The van der Waals surface area contributed by atoms with E-state index in [0.29, 0.717) is 22.6 Å². The molecule has 2 aromatic carbocycles. The van der Waals surface area contributed by atoms with Crippen molar-refractivity contribution < 1.29 is 9.47 Å². The van der Waals surface area contributed by atoms with Crippen molar-refractivity contribution in [1.82, 2.24) is 9.97 Å². The number of methoxy groups -OCH3 is 1. The molecule has 0 saturated carbocycles. The van der Waals surface area contributed by atoms with Crippen molar-refractivity contribution >= 4 is 12.2 Å². The third kappa shape index (κ3) is 4.61. The number of ether oxygens (including phenoxy) is 2. The van der Waals surface area contributed by atoms with Gasteiger partial charge in [-0.3, -0.25) is 9.78 Å². The van der Waals surface area contributed by atoms with Crippen LogP contribution in [0.4, 0.5) is 5.95 Å². The number of hydrazone groups is 1. The Balaban J connectivity index is 1.83. The predicted molar refractivity (Wildman–Crippen MR) is 110 cm³/mol. The van der Waals surface area contributed by atoms with E-state index in [4.69, 9.17) is 14.7 Å². The molecule has 0 fully saturated rings. The third-order valence-corrected chi connectivity index (χ3v) is 3.94. The lowest BCUT2D eigenvalue weighted by atomic mass is 10.1. The fraction of sp³-hybridized carbons (Fsp3) is 0.0952. The van der Waals surface area contributed by atoms with Crippen LogP contribution in [0.3, 0.4) is 0 Å². The van der Waals surface area contributed by atoms with Gasteiger partial charge >= 0.3 is 0 Å². The van der Waals surface area contributed by atoms with Crippen molar-refractivity contribution in [2.45, 2.75) is 0 Å². The Bertz CT molecular complexity index is 1210. The second-order valence-corrected chi connectivity index (χ2v) is 5.84. The summed E-state index contributed by atoms with van der Waals surface area (Å²) in [6.45, 7) is -0.0905. The van der Waals surface area contributed by atoms with Gasteiger partial charge in [-0.25, -0.2) is 10.4 Å². The van der Waals surface area contributed by atoms with Gasteiger partial charge in [-0.15, -0.1) is 0 Å². The number of aromatic amines is 1. The van der Waals surface area contributed by atoms with E-state index in [1.54, 1.807) is 42.5 Å². The van der Waals surface area contributed by atoms with Crippen LogP contribution in [0.25, 0.3) is 11.3 Å². The summed E-state index contributed by atoms with van der Waals surface area (Å²) in [6.07, 6.45) is 1.50. The van der Waals surface area contributed by atoms with Gasteiger partial charge in [0.25, 0.3) is 5.56 Å². The summed E-state index contributed by atoms with van der Waals surface area (Å²) >= 11 is 0. The smallest absolute Gasteiger partial charge is 0.270 e. The highest BCUT2D eigenvalue weighted by molar-refractivity contribution is 5.81. The Morgan fingerprint density at radius 3 is 2.70 bits per heavy atom. The van der Waals surface area contributed by atoms with Crippen molar-refractivity contribution in [2.75, 3.05) is 19.1 Å². The van der Waals surface area contributed by atoms with E-state index >= 15 is 0 Å². The largest absolute Gasteiger partial charge is 0.493 e. The number of aromatic nitrogens is 2. The second kappa shape index (κ2) is 9.53. The minimum atomic E-state index is -0.565. The summed E-state index contributed by atoms with van der Waals surface area (Å²) in [5, 5.41) is 22.0. The Morgan fingerprint density at radius 2 is 2.00 bits per heavy atom. The number of hydrogen-bond acceptors (Lipinski definition) is 8. The van der Waals surface area contributed by atoms with Crippen LogP contribution in [0.1, 0.15) is 11.1 Å². The predicted octanol–water partition coefficient (Wildman–Crippen LogP) is 2.67. The summed E-state index contributed by atoms with van der Waals surface area (Å²) < 4.78 is 10.5. The second-order valence-electron chi connectivity index (χ2n) is 5.84. The highest BCUT2D eigenvalue weighted by Crippen LogP contribution is 2.27. The number of benzene rings is 2. The fourth-order valence-corrected chi connectivity index (χ4v) is 2.60. The SMILES string of the molecule is COc1cc(C=NNc2nc(-c3ccccc3)c(C#N)c(=O)[nH]2)ccc1OCC#N. The molecule has 2 N–H and O–H groups in total. The van der Waals surface area contributed by atoms with E-state index in [-0.39, 0.29) is 23.8 Å². The van der Waals surface area contributed by atoms with Crippen molar-refractivity contribution in [2.24, 2.45) is 5.10 Å². The maximum Gasteiger partial charge on any atom is 0.270 e. The lowest BCUT2D eigenvalue weighted by Crippen LogP contribution is -2.16. The molecule has 1 aromatic heterocycles. The average molecular weight is 400 g/mol. The van der Waals surface area contributed by atoms with Gasteiger partial charge in [0.05, 0.1) is 19.0 Å². The molecule has 0 radical (unpaired) electrons. The number of hydrogen-bond donors (Lipinski definition) is 2. The normalized spacial score (nSPS) is 10.2. The molecule has 3 aromatic rings. The molecule has 0 unspecified atom stereocenters. The molecule has 0 saturated heterocycles. The summed E-state index contributed by atoms with van der Waals surface area (Å²) in [6, 6.07) is 17.8. The summed E-state index contributed by atoms with van der Waals surface area (Å²) in [5.74, 6) is 0.982. The first-order valence-electron chi connectivity index (χ1n) is 8.73. The van der Waals surface area contributed by atoms with Crippen LogP contribution in [0.2, 0.25) is 0 Å². The standard InChI is InChI=1S/C21H16N6O3/c1-29-18-11-14(7-8-17(18)30-10-9-22)13-24-27-21-25-19(15-5-3-2-4-6-15)16(12-23)20(28)26-21/h2-8,11,13H,10H2,1H3,(H2,25,26,27,28). The summed E-state index contributed by atoms with van der Waals surface area (Å²) in [4.78, 5) is 19.0. The first-order chi connectivity index (χ1) is 14.7. The molecular weight excluding hydrogens is 384 g/mol. The van der Waals surface area contributed by atoms with Gasteiger partial charge in [-0.2, -0.15) is 15.6 Å². The molecule has 3 rings (SSSR count). The highest BCUT2D eigenvalue weighted by atomic mass is 16.5. The molecule has 0 bridgehead atoms. The average Bonchev–Trinajstić information content (AvgIpc) is 2.78. The lowest BCUT2D eigenvalue weighted by molar-refractivity contribution is 0.329. The van der Waals surface area contributed by atoms with Crippen molar-refractivity contribution in [1.29, 1.82) is 10.5 Å². The van der Waals surface area contributed by atoms with Gasteiger partial charge in [-0.1, -0.05) is 30.3 Å². The number of rotatable bonds is 7. The number of nitrogens with zero attached hydrogens (tertiary/aromatic N) is 4. The van der Waals surface area contributed by atoms with Crippen LogP contribution in [0, 0.1) is 22.7 Å². The molecule has 0 aliphatic heterocycles. The van der Waals surface area contributed by atoms with E-state index < -0.39 is 5.56 Å². The van der Waals surface area contributed by atoms with Gasteiger partial charge < -0.3 is 9.47 Å². The molecule has 0 aliphatic carbocycles. The van der Waals surface area contributed by atoms with Gasteiger partial charge in [0.1, 0.15) is 17.7 Å². The number of nitrogens with one attached hydrogen (secondary N) is 2. The zero-order valence-electron chi connectivity index (χ0n) is 15.9. The van der Waals surface area contributed by atoms with Crippen LogP contribution in [-0.2, 0) is 0 Å². The lowest BCUT2D eigenvalue weighted by Gasteiger charge is -2.08. The van der Waals surface area contributed by atoms with E-state index in [0.717, 1.165) is 0 Å². The van der Waals surface area contributed by atoms with Crippen LogP contribution in [0.15, 0.2) is 58.4 Å². The highest BCUT2D eigenvalue weighted by Gasteiger charge is 2.12. The molecule has 0 aliphatic rings. The zero-order valence-corrected chi connectivity index (χ0v) is 15.9. The topological polar surface area (TPSA) is 136 Å². The van der Waals surface area contributed by atoms with E-state index in [2.05, 4.69) is 20.5 Å². The Hall–Kier alpha value is -4.63. The zero-order chi connectivity index (χ0) is 21.3. The minimum absolute atomic E-state index is 0.0755. The van der Waals surface area contributed by atoms with Crippen LogP contribution < -0.4 is 20.5 Å². The van der Waals surface area contributed by atoms with Crippen LogP contribution >= 0.6 is 0 Å². The first kappa shape index (κ1) is 20.1. The molecule has 0 atom stereocenters. The molecule has 9 heteroatoms. The summed E-state index contributed by atoms with van der Waals surface area (Å²) in [7, 11) is 1.49. The van der Waals surface area contributed by atoms with Crippen molar-refractivity contribution in [3.8, 4) is 34.9 Å². The van der Waals surface area contributed by atoms with Gasteiger partial charge in [0, 0.05) is 5.56 Å². The Labute approximate surface area is 171 Å². The minimum Gasteiger partial charge on any atom is -0.493 e. The fourth-order valence-electron chi connectivity index (χ4n) is 2.60. The molecule has 9 nitrogen and oxygen atoms in total. The maximum absolute atomic E-state index is 12.2. The van der Waals surface area contributed by atoms with Crippen molar-refractivity contribution in [3.05, 3.63) is 70.0 Å².